The summed E-state index contributed by atoms with van der Waals surface area (Å²) >= 11 is 9.44. The number of nitrogens with zero attached hydrogens (tertiary/aromatic N) is 3. The van der Waals surface area contributed by atoms with Crippen LogP contribution in [0.3, 0.4) is 0 Å². The first kappa shape index (κ1) is 16.0. The molecule has 7 nitrogen and oxygen atoms in total. The Morgan fingerprint density at radius 2 is 1.95 bits per heavy atom. The van der Waals surface area contributed by atoms with Crippen LogP contribution in [0.5, 0.6) is 0 Å². The zero-order valence-corrected chi connectivity index (χ0v) is 14.8. The number of rotatable bonds is 3. The summed E-state index contributed by atoms with van der Waals surface area (Å²) in [6.07, 6.45) is 1.42. The van der Waals surface area contributed by atoms with Crippen molar-refractivity contribution in [1.29, 1.82) is 0 Å². The number of amides is 1. The number of carbonyl (C=O) groups is 1. The van der Waals surface area contributed by atoms with Crippen LogP contribution >= 0.6 is 47.8 Å². The molecule has 1 heterocycles. The van der Waals surface area contributed by atoms with Crippen molar-refractivity contribution in [3.05, 3.63) is 53.8 Å². The van der Waals surface area contributed by atoms with Crippen LogP contribution in [0, 0.1) is 10.1 Å². The maximum Gasteiger partial charge on any atom is 0.271 e. The summed E-state index contributed by atoms with van der Waals surface area (Å²) in [4.78, 5) is 30.4. The molecule has 108 valence electrons. The first-order chi connectivity index (χ1) is 9.86. The molecule has 0 bridgehead atoms. The molecule has 0 aliphatic heterocycles. The number of anilines is 1. The lowest BCUT2D eigenvalue weighted by Gasteiger charge is -2.06. The van der Waals surface area contributed by atoms with Gasteiger partial charge in [-0.3, -0.25) is 14.9 Å². The lowest BCUT2D eigenvalue weighted by atomic mass is 10.2. The summed E-state index contributed by atoms with van der Waals surface area (Å²) in [6.45, 7) is 0. The van der Waals surface area contributed by atoms with Crippen molar-refractivity contribution in [2.75, 3.05) is 5.32 Å². The van der Waals surface area contributed by atoms with Crippen LogP contribution in [0.1, 0.15) is 10.4 Å². The fraction of sp³-hybridized carbons (Fsp3) is 0. The minimum Gasteiger partial charge on any atom is -0.304 e. The first-order valence-electron chi connectivity index (χ1n) is 5.31. The minimum atomic E-state index is -0.573. The Hall–Kier alpha value is -1.39. The topological polar surface area (TPSA) is 98.0 Å². The van der Waals surface area contributed by atoms with Gasteiger partial charge in [-0.25, -0.2) is 9.97 Å². The lowest BCUT2D eigenvalue weighted by Crippen LogP contribution is -2.14. The van der Waals surface area contributed by atoms with E-state index in [0.29, 0.717) is 13.7 Å². The van der Waals surface area contributed by atoms with Crippen LogP contribution in [0.4, 0.5) is 11.5 Å². The molecule has 1 aromatic heterocycles. The molecule has 2 rings (SSSR count). The van der Waals surface area contributed by atoms with Crippen molar-refractivity contribution < 1.29 is 9.72 Å². The number of aromatic nitrogens is 2. The summed E-state index contributed by atoms with van der Waals surface area (Å²) in [5.74, 6) is -0.317. The number of benzene rings is 1. The molecule has 0 unspecified atom stereocenters. The average molecular weight is 481 g/mol. The number of hydrogen-bond donors (Lipinski definition) is 1. The SMILES string of the molecule is O=C(Nc1ncc(Br)nc1Br)c1cc(Br)cc([N+](=O)[O-])c1. The van der Waals surface area contributed by atoms with Gasteiger partial charge in [-0.05, 0) is 37.9 Å². The molecule has 0 saturated heterocycles. The van der Waals surface area contributed by atoms with Crippen LogP contribution in [0.25, 0.3) is 0 Å². The highest BCUT2D eigenvalue weighted by atomic mass is 79.9. The third kappa shape index (κ3) is 4.05. The van der Waals surface area contributed by atoms with Gasteiger partial charge >= 0.3 is 0 Å². The van der Waals surface area contributed by atoms with Gasteiger partial charge in [0.2, 0.25) is 0 Å². The minimum absolute atomic E-state index is 0.132. The molecule has 0 aliphatic carbocycles. The van der Waals surface area contributed by atoms with Gasteiger partial charge in [0.1, 0.15) is 9.21 Å². The highest BCUT2D eigenvalue weighted by Gasteiger charge is 2.15. The molecule has 0 aliphatic rings. The van der Waals surface area contributed by atoms with Gasteiger partial charge in [-0.2, -0.15) is 0 Å². The van der Waals surface area contributed by atoms with E-state index in [1.165, 1.54) is 24.4 Å². The van der Waals surface area contributed by atoms with Gasteiger partial charge in [-0.1, -0.05) is 15.9 Å². The summed E-state index contributed by atoms with van der Waals surface area (Å²) in [6, 6.07) is 3.97. The Balaban J connectivity index is 2.30. The Kier molecular flexibility index (Phi) is 5.01. The number of hydrogen-bond acceptors (Lipinski definition) is 5. The Bertz CT molecular complexity index is 739. The van der Waals surface area contributed by atoms with E-state index in [1.807, 2.05) is 0 Å². The third-order valence-corrected chi connectivity index (χ3v) is 3.68. The van der Waals surface area contributed by atoms with Crippen LogP contribution in [0.2, 0.25) is 0 Å². The van der Waals surface area contributed by atoms with Crippen molar-refractivity contribution in [1.82, 2.24) is 9.97 Å². The lowest BCUT2D eigenvalue weighted by molar-refractivity contribution is -0.384. The van der Waals surface area contributed by atoms with E-state index in [-0.39, 0.29) is 17.1 Å². The van der Waals surface area contributed by atoms with E-state index >= 15 is 0 Å². The number of nitrogens with one attached hydrogen (secondary N) is 1. The number of nitro groups is 1. The number of halogens is 3. The Morgan fingerprint density at radius 1 is 1.24 bits per heavy atom. The quantitative estimate of drug-likeness (QED) is 0.530. The fourth-order valence-electron chi connectivity index (χ4n) is 1.42. The maximum atomic E-state index is 12.1. The molecule has 0 radical (unpaired) electrons. The molecule has 1 aromatic carbocycles. The summed E-state index contributed by atoms with van der Waals surface area (Å²) in [5, 5.41) is 13.3. The van der Waals surface area contributed by atoms with Crippen molar-refractivity contribution in [3.8, 4) is 0 Å². The summed E-state index contributed by atoms with van der Waals surface area (Å²) in [7, 11) is 0. The van der Waals surface area contributed by atoms with E-state index in [9.17, 15) is 14.9 Å². The van der Waals surface area contributed by atoms with Gasteiger partial charge in [0, 0.05) is 22.2 Å². The average Bonchev–Trinajstić information content (AvgIpc) is 2.41. The molecular weight excluding hydrogens is 476 g/mol. The van der Waals surface area contributed by atoms with Crippen LogP contribution < -0.4 is 5.32 Å². The second-order valence-electron chi connectivity index (χ2n) is 3.74. The molecule has 10 heteroatoms. The third-order valence-electron chi connectivity index (χ3n) is 2.29. The molecule has 1 N–H and O–H groups in total. The Morgan fingerprint density at radius 3 is 2.57 bits per heavy atom. The molecular formula is C11H5Br3N4O3. The second-order valence-corrected chi connectivity index (χ2v) is 6.22. The van der Waals surface area contributed by atoms with Gasteiger partial charge in [0.25, 0.3) is 11.6 Å². The molecule has 0 saturated carbocycles. The van der Waals surface area contributed by atoms with Gasteiger partial charge < -0.3 is 5.32 Å². The van der Waals surface area contributed by atoms with Crippen molar-refractivity contribution in [2.45, 2.75) is 0 Å². The van der Waals surface area contributed by atoms with Crippen molar-refractivity contribution in [2.24, 2.45) is 0 Å². The molecule has 1 amide bonds. The van der Waals surface area contributed by atoms with Crippen LogP contribution in [-0.2, 0) is 0 Å². The number of carbonyl (C=O) groups excluding carboxylic acids is 1. The van der Waals surface area contributed by atoms with E-state index in [1.54, 1.807) is 0 Å². The normalized spacial score (nSPS) is 10.2. The molecule has 0 spiro atoms. The number of nitro benzene ring substituents is 1. The number of non-ortho nitro benzene ring substituents is 1. The smallest absolute Gasteiger partial charge is 0.271 e. The fourth-order valence-corrected chi connectivity index (χ4v) is 2.81. The summed E-state index contributed by atoms with van der Waals surface area (Å²) < 4.78 is 1.28. The zero-order chi connectivity index (χ0) is 15.6. The van der Waals surface area contributed by atoms with Crippen LogP contribution in [0.15, 0.2) is 38.1 Å². The van der Waals surface area contributed by atoms with E-state index in [2.05, 4.69) is 63.1 Å². The monoisotopic (exact) mass is 478 g/mol. The highest BCUT2D eigenvalue weighted by Crippen LogP contribution is 2.24. The van der Waals surface area contributed by atoms with Crippen LogP contribution in [-0.4, -0.2) is 20.8 Å². The predicted octanol–water partition coefficient (Wildman–Crippen LogP) is 3.92. The summed E-state index contributed by atoms with van der Waals surface area (Å²) in [5.41, 5.74) is -0.0526. The maximum absolute atomic E-state index is 12.1. The van der Waals surface area contributed by atoms with E-state index in [4.69, 9.17) is 0 Å². The molecule has 0 fully saturated rings. The first-order valence-corrected chi connectivity index (χ1v) is 7.69. The van der Waals surface area contributed by atoms with E-state index < -0.39 is 10.8 Å². The molecule has 0 atom stereocenters. The van der Waals surface area contributed by atoms with Gasteiger partial charge in [0.15, 0.2) is 5.82 Å². The zero-order valence-electron chi connectivity index (χ0n) is 10.0. The molecule has 2 aromatic rings. The largest absolute Gasteiger partial charge is 0.304 e. The highest BCUT2D eigenvalue weighted by molar-refractivity contribution is 9.11. The molecule has 21 heavy (non-hydrogen) atoms. The Labute approximate surface area is 143 Å². The standard InChI is InChI=1S/C11H5Br3N4O3/c12-6-1-5(2-7(3-6)18(20)21)11(19)17-10-9(14)16-8(13)4-15-10/h1-4H,(H,15,17,19). The van der Waals surface area contributed by atoms with Crippen molar-refractivity contribution in [3.63, 3.8) is 0 Å². The van der Waals surface area contributed by atoms with Crippen molar-refractivity contribution >= 4 is 65.2 Å². The predicted molar refractivity (Wildman–Crippen MR) is 86.2 cm³/mol. The van der Waals surface area contributed by atoms with Gasteiger partial charge in [0.05, 0.1) is 11.1 Å². The van der Waals surface area contributed by atoms with Gasteiger partial charge in [-0.15, -0.1) is 0 Å². The van der Waals surface area contributed by atoms with E-state index in [0.717, 1.165) is 0 Å². The second kappa shape index (κ2) is 6.58.